The molecule has 1 aliphatic carbocycles. The standard InChI is InChI=1S/C14H18ClNO/c1-2-9-7-13(9)16-8-12-6-10-5-11(15)3-4-14(10)17-12/h3-5,9,12-13,16H,2,6-8H2,1H3. The molecular weight excluding hydrogens is 234 g/mol. The Labute approximate surface area is 107 Å². The molecule has 1 aromatic rings. The molecule has 0 aromatic heterocycles. The number of fused-ring (bicyclic) bond motifs is 1. The molecular formula is C14H18ClNO. The van der Waals surface area contributed by atoms with Gasteiger partial charge in [-0.1, -0.05) is 24.9 Å². The fraction of sp³-hybridized carbons (Fsp3) is 0.571. The number of rotatable bonds is 4. The summed E-state index contributed by atoms with van der Waals surface area (Å²) in [6.45, 7) is 3.21. The van der Waals surface area contributed by atoms with Gasteiger partial charge in [0.05, 0.1) is 0 Å². The zero-order chi connectivity index (χ0) is 11.8. The van der Waals surface area contributed by atoms with Crippen molar-refractivity contribution in [2.24, 2.45) is 5.92 Å². The SMILES string of the molecule is CCC1CC1NCC1Cc2cc(Cl)ccc2O1. The van der Waals surface area contributed by atoms with Crippen LogP contribution in [0.25, 0.3) is 0 Å². The second kappa shape index (κ2) is 4.51. The second-order valence-corrected chi connectivity index (χ2v) is 5.55. The highest BCUT2D eigenvalue weighted by Crippen LogP contribution is 2.34. The van der Waals surface area contributed by atoms with Crippen LogP contribution in [0.2, 0.25) is 5.02 Å². The molecule has 0 amide bonds. The Morgan fingerprint density at radius 3 is 3.12 bits per heavy atom. The van der Waals surface area contributed by atoms with E-state index in [1.165, 1.54) is 18.4 Å². The van der Waals surface area contributed by atoms with Gasteiger partial charge in [-0.05, 0) is 36.1 Å². The van der Waals surface area contributed by atoms with E-state index in [1.807, 2.05) is 18.2 Å². The van der Waals surface area contributed by atoms with Crippen molar-refractivity contribution < 1.29 is 4.74 Å². The Kier molecular flexibility index (Phi) is 3.01. The first-order chi connectivity index (χ1) is 8.26. The van der Waals surface area contributed by atoms with Crippen LogP contribution < -0.4 is 10.1 Å². The van der Waals surface area contributed by atoms with Crippen LogP contribution in [-0.2, 0) is 6.42 Å². The lowest BCUT2D eigenvalue weighted by Crippen LogP contribution is -2.32. The Balaban J connectivity index is 1.52. The normalized spacial score (nSPS) is 29.9. The monoisotopic (exact) mass is 251 g/mol. The topological polar surface area (TPSA) is 21.3 Å². The van der Waals surface area contributed by atoms with Crippen LogP contribution in [0.4, 0.5) is 0 Å². The summed E-state index contributed by atoms with van der Waals surface area (Å²) in [6.07, 6.45) is 3.88. The molecule has 1 saturated carbocycles. The quantitative estimate of drug-likeness (QED) is 0.888. The van der Waals surface area contributed by atoms with Gasteiger partial charge in [-0.3, -0.25) is 0 Å². The van der Waals surface area contributed by atoms with Crippen molar-refractivity contribution in [3.63, 3.8) is 0 Å². The molecule has 0 saturated heterocycles. The minimum Gasteiger partial charge on any atom is -0.488 e. The number of halogens is 1. The summed E-state index contributed by atoms with van der Waals surface area (Å²) in [5, 5.41) is 4.39. The Morgan fingerprint density at radius 1 is 1.47 bits per heavy atom. The molecule has 1 aliphatic heterocycles. The third kappa shape index (κ3) is 2.43. The minimum atomic E-state index is 0.279. The van der Waals surface area contributed by atoms with Crippen molar-refractivity contribution in [1.82, 2.24) is 5.32 Å². The van der Waals surface area contributed by atoms with Gasteiger partial charge in [-0.2, -0.15) is 0 Å². The van der Waals surface area contributed by atoms with Gasteiger partial charge in [-0.25, -0.2) is 0 Å². The lowest BCUT2D eigenvalue weighted by molar-refractivity contribution is 0.226. The molecule has 1 heterocycles. The fourth-order valence-electron chi connectivity index (χ4n) is 2.63. The Morgan fingerprint density at radius 2 is 2.35 bits per heavy atom. The lowest BCUT2D eigenvalue weighted by atomic mass is 10.1. The molecule has 92 valence electrons. The van der Waals surface area contributed by atoms with Crippen LogP contribution in [0.15, 0.2) is 18.2 Å². The first kappa shape index (κ1) is 11.4. The fourth-order valence-corrected chi connectivity index (χ4v) is 2.83. The van der Waals surface area contributed by atoms with Crippen molar-refractivity contribution in [3.05, 3.63) is 28.8 Å². The molecule has 0 spiro atoms. The summed E-state index contributed by atoms with van der Waals surface area (Å²) in [6, 6.07) is 6.62. The van der Waals surface area contributed by atoms with E-state index in [-0.39, 0.29) is 6.10 Å². The predicted molar refractivity (Wildman–Crippen MR) is 69.8 cm³/mol. The molecule has 0 bridgehead atoms. The maximum absolute atomic E-state index is 5.98. The maximum atomic E-state index is 5.98. The summed E-state index contributed by atoms with van der Waals surface area (Å²) in [5.41, 5.74) is 1.24. The molecule has 1 aromatic carbocycles. The number of ether oxygens (including phenoxy) is 1. The van der Waals surface area contributed by atoms with Gasteiger partial charge in [0.2, 0.25) is 0 Å². The summed E-state index contributed by atoms with van der Waals surface area (Å²) < 4.78 is 5.89. The van der Waals surface area contributed by atoms with Gasteiger partial charge in [0.1, 0.15) is 11.9 Å². The third-order valence-electron chi connectivity index (χ3n) is 3.82. The molecule has 0 radical (unpaired) electrons. The summed E-state index contributed by atoms with van der Waals surface area (Å²) in [5.74, 6) is 1.90. The molecule has 1 fully saturated rings. The van der Waals surface area contributed by atoms with Gasteiger partial charge in [-0.15, -0.1) is 0 Å². The van der Waals surface area contributed by atoms with E-state index in [2.05, 4.69) is 12.2 Å². The number of hydrogen-bond acceptors (Lipinski definition) is 2. The van der Waals surface area contributed by atoms with E-state index in [0.717, 1.165) is 35.7 Å². The third-order valence-corrected chi connectivity index (χ3v) is 4.05. The number of nitrogens with one attached hydrogen (secondary N) is 1. The maximum Gasteiger partial charge on any atom is 0.123 e. The lowest BCUT2D eigenvalue weighted by Gasteiger charge is -2.11. The van der Waals surface area contributed by atoms with E-state index in [9.17, 15) is 0 Å². The molecule has 17 heavy (non-hydrogen) atoms. The number of hydrogen-bond donors (Lipinski definition) is 1. The predicted octanol–water partition coefficient (Wildman–Crippen LogP) is 3.03. The minimum absolute atomic E-state index is 0.279. The average molecular weight is 252 g/mol. The average Bonchev–Trinajstić information content (AvgIpc) is 2.97. The molecule has 2 nitrogen and oxygen atoms in total. The van der Waals surface area contributed by atoms with Crippen molar-refractivity contribution in [2.75, 3.05) is 6.54 Å². The molecule has 3 atom stereocenters. The summed E-state index contributed by atoms with van der Waals surface area (Å²) in [4.78, 5) is 0. The van der Waals surface area contributed by atoms with Crippen LogP contribution in [0, 0.1) is 5.92 Å². The van der Waals surface area contributed by atoms with Gasteiger partial charge in [0, 0.05) is 24.0 Å². The van der Waals surface area contributed by atoms with E-state index in [1.54, 1.807) is 0 Å². The molecule has 3 heteroatoms. The second-order valence-electron chi connectivity index (χ2n) is 5.11. The molecule has 2 aliphatic rings. The molecule has 3 unspecified atom stereocenters. The van der Waals surface area contributed by atoms with Crippen molar-refractivity contribution in [1.29, 1.82) is 0 Å². The van der Waals surface area contributed by atoms with Crippen LogP contribution in [0.1, 0.15) is 25.3 Å². The summed E-state index contributed by atoms with van der Waals surface area (Å²) in [7, 11) is 0. The Bertz CT molecular complexity index is 421. The van der Waals surface area contributed by atoms with E-state index >= 15 is 0 Å². The van der Waals surface area contributed by atoms with Crippen LogP contribution >= 0.6 is 11.6 Å². The zero-order valence-electron chi connectivity index (χ0n) is 10.1. The van der Waals surface area contributed by atoms with Crippen molar-refractivity contribution in [2.45, 2.75) is 38.3 Å². The highest BCUT2D eigenvalue weighted by molar-refractivity contribution is 6.30. The van der Waals surface area contributed by atoms with E-state index in [0.29, 0.717) is 0 Å². The van der Waals surface area contributed by atoms with Gasteiger partial charge in [0.15, 0.2) is 0 Å². The smallest absolute Gasteiger partial charge is 0.123 e. The highest BCUT2D eigenvalue weighted by atomic mass is 35.5. The largest absolute Gasteiger partial charge is 0.488 e. The van der Waals surface area contributed by atoms with Crippen molar-refractivity contribution in [3.8, 4) is 5.75 Å². The zero-order valence-corrected chi connectivity index (χ0v) is 10.8. The van der Waals surface area contributed by atoms with Gasteiger partial charge < -0.3 is 10.1 Å². The van der Waals surface area contributed by atoms with Gasteiger partial charge in [0.25, 0.3) is 0 Å². The molecule has 1 N–H and O–H groups in total. The van der Waals surface area contributed by atoms with Gasteiger partial charge >= 0.3 is 0 Å². The Hall–Kier alpha value is -0.730. The van der Waals surface area contributed by atoms with E-state index < -0.39 is 0 Å². The molecule has 3 rings (SSSR count). The van der Waals surface area contributed by atoms with Crippen LogP contribution in [0.3, 0.4) is 0 Å². The van der Waals surface area contributed by atoms with Crippen molar-refractivity contribution >= 4 is 11.6 Å². The number of benzene rings is 1. The van der Waals surface area contributed by atoms with Crippen LogP contribution in [-0.4, -0.2) is 18.7 Å². The first-order valence-corrected chi connectivity index (χ1v) is 6.82. The van der Waals surface area contributed by atoms with E-state index in [4.69, 9.17) is 16.3 Å². The summed E-state index contributed by atoms with van der Waals surface area (Å²) >= 11 is 5.98. The van der Waals surface area contributed by atoms with Crippen LogP contribution in [0.5, 0.6) is 5.75 Å². The first-order valence-electron chi connectivity index (χ1n) is 6.44. The highest BCUT2D eigenvalue weighted by Gasteiger charge is 2.35.